The molecule has 0 spiro atoms. The van der Waals surface area contributed by atoms with Gasteiger partial charge >= 0.3 is 5.97 Å². The van der Waals surface area contributed by atoms with Crippen molar-refractivity contribution >= 4 is 50.7 Å². The number of carbonyl (C=O) groups excluding carboxylic acids is 1. The van der Waals surface area contributed by atoms with Crippen molar-refractivity contribution in [2.75, 3.05) is 6.61 Å². The molecule has 0 N–H and O–H groups in total. The minimum Gasteiger partial charge on any atom is -0.462 e. The molecule has 1 aromatic carbocycles. The molecule has 2 heterocycles. The number of nitrogens with zero attached hydrogens (tertiary/aromatic N) is 3. The van der Waals surface area contributed by atoms with Crippen molar-refractivity contribution in [2.24, 2.45) is 0 Å². The minimum absolute atomic E-state index is 0.242. The second-order valence-corrected chi connectivity index (χ2v) is 7.02. The van der Waals surface area contributed by atoms with Crippen LogP contribution in [-0.2, 0) is 11.2 Å². The summed E-state index contributed by atoms with van der Waals surface area (Å²) in [5, 5.41) is 4.90. The molecule has 0 aliphatic carbocycles. The Bertz CT molecular complexity index is 955. The summed E-state index contributed by atoms with van der Waals surface area (Å²) in [5.74, 6) is -0.490. The fraction of sp³-hybridized carbons (Fsp3) is 0.235. The first kappa shape index (κ1) is 18.2. The largest absolute Gasteiger partial charge is 0.462 e. The lowest BCUT2D eigenvalue weighted by Crippen LogP contribution is -2.07. The van der Waals surface area contributed by atoms with Crippen LogP contribution in [-0.4, -0.2) is 27.2 Å². The Morgan fingerprint density at radius 1 is 1.28 bits per heavy atom. The van der Waals surface area contributed by atoms with Crippen LogP contribution >= 0.6 is 39.1 Å². The quantitative estimate of drug-likeness (QED) is 0.427. The predicted octanol–water partition coefficient (Wildman–Crippen LogP) is 4.87. The number of esters is 1. The van der Waals surface area contributed by atoms with Crippen LogP contribution in [0.15, 0.2) is 28.7 Å². The molecule has 3 aromatic rings. The summed E-state index contributed by atoms with van der Waals surface area (Å²) in [6.07, 6.45) is 0.502. The highest BCUT2D eigenvalue weighted by Gasteiger charge is 2.23. The molecule has 0 aliphatic heterocycles. The van der Waals surface area contributed by atoms with E-state index in [-0.39, 0.29) is 17.3 Å². The van der Waals surface area contributed by atoms with Gasteiger partial charge in [-0.3, -0.25) is 0 Å². The number of aromatic nitrogens is 3. The lowest BCUT2D eigenvalue weighted by atomic mass is 10.1. The van der Waals surface area contributed by atoms with Crippen molar-refractivity contribution in [3.8, 4) is 0 Å². The van der Waals surface area contributed by atoms with Gasteiger partial charge in [-0.05, 0) is 31.5 Å². The van der Waals surface area contributed by atoms with E-state index in [0.717, 1.165) is 10.0 Å². The second kappa shape index (κ2) is 7.32. The standard InChI is InChI=1S/C17H14BrCl2N3O2/c1-3-25-17(24)13-9(2)22-23-15(20)12(14(19)21-16(13)23)8-10-4-6-11(18)7-5-10/h4-7H,3,8H2,1-2H3. The number of benzene rings is 1. The molecule has 3 rings (SSSR count). The van der Waals surface area contributed by atoms with E-state index in [4.69, 9.17) is 27.9 Å². The Morgan fingerprint density at radius 3 is 2.60 bits per heavy atom. The molecule has 0 aliphatic rings. The molecule has 130 valence electrons. The van der Waals surface area contributed by atoms with Crippen molar-refractivity contribution in [3.05, 3.63) is 61.4 Å². The molecule has 5 nitrogen and oxygen atoms in total. The maximum Gasteiger partial charge on any atom is 0.343 e. The number of fused-ring (bicyclic) bond motifs is 1. The predicted molar refractivity (Wildman–Crippen MR) is 101 cm³/mol. The van der Waals surface area contributed by atoms with Crippen molar-refractivity contribution in [1.82, 2.24) is 14.6 Å². The van der Waals surface area contributed by atoms with Gasteiger partial charge in [0, 0.05) is 16.5 Å². The Balaban J connectivity index is 2.10. The smallest absolute Gasteiger partial charge is 0.343 e. The first-order chi connectivity index (χ1) is 11.9. The van der Waals surface area contributed by atoms with Crippen LogP contribution in [0.25, 0.3) is 5.65 Å². The van der Waals surface area contributed by atoms with Crippen LogP contribution in [0.4, 0.5) is 0 Å². The number of rotatable bonds is 4. The topological polar surface area (TPSA) is 56.5 Å². The van der Waals surface area contributed by atoms with Crippen molar-refractivity contribution < 1.29 is 9.53 Å². The third-order valence-electron chi connectivity index (χ3n) is 3.70. The molecular formula is C17H14BrCl2N3O2. The number of carbonyl (C=O) groups is 1. The van der Waals surface area contributed by atoms with Crippen LogP contribution in [0.5, 0.6) is 0 Å². The molecule has 0 fully saturated rings. The summed E-state index contributed by atoms with van der Waals surface area (Å²) in [7, 11) is 0. The van der Waals surface area contributed by atoms with Gasteiger partial charge in [0.1, 0.15) is 15.9 Å². The summed E-state index contributed by atoms with van der Waals surface area (Å²) < 4.78 is 7.49. The SMILES string of the molecule is CCOC(=O)c1c(C)nn2c(Cl)c(Cc3ccc(Br)cc3)c(Cl)nc12. The lowest BCUT2D eigenvalue weighted by molar-refractivity contribution is 0.0527. The summed E-state index contributed by atoms with van der Waals surface area (Å²) in [6.45, 7) is 3.71. The van der Waals surface area contributed by atoms with Gasteiger partial charge in [0.2, 0.25) is 0 Å². The molecule has 25 heavy (non-hydrogen) atoms. The third-order valence-corrected chi connectivity index (χ3v) is 4.93. The number of hydrogen-bond donors (Lipinski definition) is 0. The normalized spacial score (nSPS) is 11.1. The fourth-order valence-electron chi connectivity index (χ4n) is 2.52. The average molecular weight is 443 g/mol. The van der Waals surface area contributed by atoms with Gasteiger partial charge in [0.25, 0.3) is 0 Å². The number of aryl methyl sites for hydroxylation is 1. The van der Waals surface area contributed by atoms with Gasteiger partial charge < -0.3 is 4.74 Å². The number of hydrogen-bond acceptors (Lipinski definition) is 4. The van der Waals surface area contributed by atoms with E-state index in [2.05, 4.69) is 26.0 Å². The van der Waals surface area contributed by atoms with Gasteiger partial charge in [-0.1, -0.05) is 51.3 Å². The molecule has 0 bridgehead atoms. The molecule has 0 atom stereocenters. The van der Waals surface area contributed by atoms with E-state index in [1.165, 1.54) is 4.52 Å². The molecule has 0 saturated heterocycles. The van der Waals surface area contributed by atoms with E-state index < -0.39 is 5.97 Å². The first-order valence-corrected chi connectivity index (χ1v) is 9.12. The van der Waals surface area contributed by atoms with Gasteiger partial charge in [0.15, 0.2) is 5.65 Å². The minimum atomic E-state index is -0.490. The molecule has 8 heteroatoms. The highest BCUT2D eigenvalue weighted by atomic mass is 79.9. The summed E-state index contributed by atoms with van der Waals surface area (Å²) in [5.41, 5.74) is 2.75. The number of ether oxygens (including phenoxy) is 1. The second-order valence-electron chi connectivity index (χ2n) is 5.39. The zero-order valence-corrected chi connectivity index (χ0v) is 16.6. The third kappa shape index (κ3) is 3.52. The Hall–Kier alpha value is -1.63. The van der Waals surface area contributed by atoms with Gasteiger partial charge in [-0.15, -0.1) is 0 Å². The maximum absolute atomic E-state index is 12.2. The van der Waals surface area contributed by atoms with Gasteiger partial charge in [0.05, 0.1) is 12.3 Å². The average Bonchev–Trinajstić information content (AvgIpc) is 2.90. The lowest BCUT2D eigenvalue weighted by Gasteiger charge is -2.09. The first-order valence-electron chi connectivity index (χ1n) is 7.57. The molecule has 0 amide bonds. The Kier molecular flexibility index (Phi) is 5.32. The van der Waals surface area contributed by atoms with Gasteiger partial charge in [-0.25, -0.2) is 14.3 Å². The molecular weight excluding hydrogens is 429 g/mol. The van der Waals surface area contributed by atoms with Crippen molar-refractivity contribution in [2.45, 2.75) is 20.3 Å². The van der Waals surface area contributed by atoms with E-state index >= 15 is 0 Å². The molecule has 0 saturated carbocycles. The summed E-state index contributed by atoms with van der Waals surface area (Å²) in [6, 6.07) is 7.83. The Morgan fingerprint density at radius 2 is 1.96 bits per heavy atom. The molecule has 0 radical (unpaired) electrons. The number of halogens is 3. The summed E-state index contributed by atoms with van der Waals surface area (Å²) >= 11 is 16.3. The van der Waals surface area contributed by atoms with E-state index in [0.29, 0.717) is 28.5 Å². The van der Waals surface area contributed by atoms with Crippen molar-refractivity contribution in [3.63, 3.8) is 0 Å². The van der Waals surface area contributed by atoms with Crippen LogP contribution < -0.4 is 0 Å². The molecule has 2 aromatic heterocycles. The van der Waals surface area contributed by atoms with E-state index in [9.17, 15) is 4.79 Å². The maximum atomic E-state index is 12.2. The van der Waals surface area contributed by atoms with E-state index in [1.54, 1.807) is 13.8 Å². The summed E-state index contributed by atoms with van der Waals surface area (Å²) in [4.78, 5) is 16.5. The molecule has 0 unspecified atom stereocenters. The van der Waals surface area contributed by atoms with Crippen molar-refractivity contribution in [1.29, 1.82) is 0 Å². The Labute approximate surface area is 163 Å². The van der Waals surface area contributed by atoms with E-state index in [1.807, 2.05) is 24.3 Å². The van der Waals surface area contributed by atoms with Gasteiger partial charge in [-0.2, -0.15) is 5.10 Å². The zero-order chi connectivity index (χ0) is 18.1. The zero-order valence-electron chi connectivity index (χ0n) is 13.5. The van der Waals surface area contributed by atoms with Crippen LogP contribution in [0, 0.1) is 6.92 Å². The fourth-order valence-corrected chi connectivity index (χ4v) is 3.35. The van der Waals surface area contributed by atoms with Crippen LogP contribution in [0.1, 0.15) is 34.1 Å². The highest BCUT2D eigenvalue weighted by molar-refractivity contribution is 9.10. The monoisotopic (exact) mass is 441 g/mol. The van der Waals surface area contributed by atoms with Crippen LogP contribution in [0.2, 0.25) is 10.3 Å². The van der Waals surface area contributed by atoms with Crippen LogP contribution in [0.3, 0.4) is 0 Å². The highest BCUT2D eigenvalue weighted by Crippen LogP contribution is 2.29.